The Morgan fingerprint density at radius 2 is 2.00 bits per heavy atom. The molecule has 1 aliphatic rings. The molecule has 4 nitrogen and oxygen atoms in total. The predicted octanol–water partition coefficient (Wildman–Crippen LogP) is 1.88. The van der Waals surface area contributed by atoms with E-state index in [0.717, 1.165) is 5.56 Å². The highest BCUT2D eigenvalue weighted by Gasteiger charge is 2.25. The van der Waals surface area contributed by atoms with E-state index in [1.165, 1.54) is 12.2 Å². The molecule has 0 amide bonds. The van der Waals surface area contributed by atoms with E-state index >= 15 is 0 Å². The minimum Gasteiger partial charge on any atom is -0.306 e. The van der Waals surface area contributed by atoms with Crippen LogP contribution >= 0.6 is 11.8 Å². The first-order valence-electron chi connectivity index (χ1n) is 6.38. The molecule has 3 atom stereocenters. The molecule has 0 aromatic heterocycles. The van der Waals surface area contributed by atoms with Crippen LogP contribution in [0, 0.1) is 0 Å². The lowest BCUT2D eigenvalue weighted by Crippen LogP contribution is -2.35. The highest BCUT2D eigenvalue weighted by Crippen LogP contribution is 2.28. The number of benzene rings is 1. The molecule has 6 heteroatoms. The van der Waals surface area contributed by atoms with Gasteiger partial charge in [0.25, 0.3) is 0 Å². The van der Waals surface area contributed by atoms with Gasteiger partial charge in [-0.25, -0.2) is 13.6 Å². The van der Waals surface area contributed by atoms with Gasteiger partial charge in [-0.15, -0.1) is 0 Å². The summed E-state index contributed by atoms with van der Waals surface area (Å²) < 4.78 is 22.4. The van der Waals surface area contributed by atoms with Crippen LogP contribution in [0.15, 0.2) is 29.2 Å². The highest BCUT2D eigenvalue weighted by molar-refractivity contribution is 8.00. The Balaban J connectivity index is 2.05. The molecule has 1 aromatic carbocycles. The number of nitrogens with one attached hydrogen (secondary N) is 1. The Bertz CT molecular complexity index is 528. The minimum atomic E-state index is -3.60. The van der Waals surface area contributed by atoms with Crippen LogP contribution in [-0.4, -0.2) is 25.5 Å². The Labute approximate surface area is 119 Å². The molecule has 3 N–H and O–H groups in total. The van der Waals surface area contributed by atoms with E-state index in [1.54, 1.807) is 12.1 Å². The number of hydrogen-bond acceptors (Lipinski definition) is 4. The van der Waals surface area contributed by atoms with Crippen molar-refractivity contribution in [1.29, 1.82) is 0 Å². The van der Waals surface area contributed by atoms with Crippen LogP contribution in [0.5, 0.6) is 0 Å². The van der Waals surface area contributed by atoms with Crippen LogP contribution in [0.1, 0.15) is 31.9 Å². The van der Waals surface area contributed by atoms with Crippen molar-refractivity contribution in [2.24, 2.45) is 5.14 Å². The summed E-state index contributed by atoms with van der Waals surface area (Å²) in [5, 5.41) is 9.32. The van der Waals surface area contributed by atoms with Gasteiger partial charge < -0.3 is 5.32 Å². The third kappa shape index (κ3) is 3.72. The Morgan fingerprint density at radius 3 is 2.47 bits per heavy atom. The van der Waals surface area contributed by atoms with Crippen molar-refractivity contribution in [2.75, 3.05) is 5.75 Å². The van der Waals surface area contributed by atoms with Crippen LogP contribution in [0.4, 0.5) is 0 Å². The Morgan fingerprint density at radius 1 is 1.37 bits per heavy atom. The first-order valence-corrected chi connectivity index (χ1v) is 8.98. The summed E-state index contributed by atoms with van der Waals surface area (Å²) in [5.41, 5.74) is 1.08. The zero-order chi connectivity index (χ0) is 14.0. The van der Waals surface area contributed by atoms with E-state index in [2.05, 4.69) is 19.2 Å². The molecule has 1 aromatic rings. The summed E-state index contributed by atoms with van der Waals surface area (Å²) >= 11 is 1.99. The lowest BCUT2D eigenvalue weighted by molar-refractivity contribution is 0.454. The van der Waals surface area contributed by atoms with Gasteiger partial charge in [-0.05, 0) is 36.8 Å². The summed E-state index contributed by atoms with van der Waals surface area (Å²) in [4.78, 5) is 0.160. The van der Waals surface area contributed by atoms with Crippen molar-refractivity contribution in [2.45, 2.75) is 42.5 Å². The second-order valence-corrected chi connectivity index (χ2v) is 8.02. The van der Waals surface area contributed by atoms with Crippen LogP contribution in [0.25, 0.3) is 0 Å². The van der Waals surface area contributed by atoms with Gasteiger partial charge in [-0.1, -0.05) is 19.1 Å². The molecule has 1 heterocycles. The number of rotatable bonds is 4. The topological polar surface area (TPSA) is 72.2 Å². The van der Waals surface area contributed by atoms with Crippen molar-refractivity contribution in [3.63, 3.8) is 0 Å². The zero-order valence-corrected chi connectivity index (χ0v) is 12.8. The van der Waals surface area contributed by atoms with Gasteiger partial charge in [0, 0.05) is 17.3 Å². The lowest BCUT2D eigenvalue weighted by Gasteiger charge is -2.22. The lowest BCUT2D eigenvalue weighted by atomic mass is 10.1. The minimum absolute atomic E-state index is 0.160. The smallest absolute Gasteiger partial charge is 0.238 e. The van der Waals surface area contributed by atoms with Gasteiger partial charge in [0.1, 0.15) is 0 Å². The standard InChI is InChI=1S/C13H20N2O2S2/c1-9(15-13-7-8-18-10(13)2)11-3-5-12(6-4-11)19(14,16)17/h3-6,9-10,13,15H,7-8H2,1-2H3,(H2,14,16,17). The number of primary sulfonamides is 1. The van der Waals surface area contributed by atoms with Crippen LogP contribution in [-0.2, 0) is 10.0 Å². The van der Waals surface area contributed by atoms with Gasteiger partial charge in [0.2, 0.25) is 10.0 Å². The van der Waals surface area contributed by atoms with Gasteiger partial charge in [-0.3, -0.25) is 0 Å². The summed E-state index contributed by atoms with van der Waals surface area (Å²) in [6.07, 6.45) is 1.19. The molecule has 0 bridgehead atoms. The summed E-state index contributed by atoms with van der Waals surface area (Å²) in [6.45, 7) is 4.34. The summed E-state index contributed by atoms with van der Waals surface area (Å²) in [7, 11) is -3.60. The van der Waals surface area contributed by atoms with Gasteiger partial charge in [-0.2, -0.15) is 11.8 Å². The molecule has 19 heavy (non-hydrogen) atoms. The first kappa shape index (κ1) is 14.8. The van der Waals surface area contributed by atoms with Gasteiger partial charge in [0.05, 0.1) is 4.90 Å². The van der Waals surface area contributed by atoms with E-state index in [9.17, 15) is 8.42 Å². The highest BCUT2D eigenvalue weighted by atomic mass is 32.2. The van der Waals surface area contributed by atoms with E-state index in [-0.39, 0.29) is 10.9 Å². The van der Waals surface area contributed by atoms with E-state index in [0.29, 0.717) is 11.3 Å². The van der Waals surface area contributed by atoms with Crippen LogP contribution < -0.4 is 10.5 Å². The Hall–Kier alpha value is -0.560. The van der Waals surface area contributed by atoms with Gasteiger partial charge in [0.15, 0.2) is 0 Å². The summed E-state index contributed by atoms with van der Waals surface area (Å²) in [5.74, 6) is 1.20. The first-order chi connectivity index (χ1) is 8.88. The third-order valence-electron chi connectivity index (χ3n) is 3.55. The number of sulfonamides is 1. The van der Waals surface area contributed by atoms with Crippen molar-refractivity contribution in [1.82, 2.24) is 5.32 Å². The van der Waals surface area contributed by atoms with Gasteiger partial charge >= 0.3 is 0 Å². The molecule has 1 fully saturated rings. The molecule has 1 saturated heterocycles. The third-order valence-corrected chi connectivity index (χ3v) is 5.80. The normalized spacial score (nSPS) is 25.4. The number of hydrogen-bond donors (Lipinski definition) is 2. The largest absolute Gasteiger partial charge is 0.306 e. The number of nitrogens with two attached hydrogens (primary N) is 1. The quantitative estimate of drug-likeness (QED) is 0.890. The predicted molar refractivity (Wildman–Crippen MR) is 79.7 cm³/mol. The second-order valence-electron chi connectivity index (χ2n) is 4.97. The molecule has 0 aliphatic carbocycles. The van der Waals surface area contributed by atoms with Crippen molar-refractivity contribution < 1.29 is 8.42 Å². The molecule has 1 aliphatic heterocycles. The maximum Gasteiger partial charge on any atom is 0.238 e. The molecule has 0 spiro atoms. The maximum atomic E-state index is 11.2. The molecule has 2 rings (SSSR count). The van der Waals surface area contributed by atoms with Crippen molar-refractivity contribution in [3.05, 3.63) is 29.8 Å². The average molecular weight is 300 g/mol. The molecular formula is C13H20N2O2S2. The second kappa shape index (κ2) is 5.83. The van der Waals surface area contributed by atoms with Crippen LogP contribution in [0.3, 0.4) is 0 Å². The molecule has 3 unspecified atom stereocenters. The average Bonchev–Trinajstić information content (AvgIpc) is 2.74. The Kier molecular flexibility index (Phi) is 4.55. The number of thioether (sulfide) groups is 1. The van der Waals surface area contributed by atoms with E-state index in [1.807, 2.05) is 23.9 Å². The van der Waals surface area contributed by atoms with E-state index in [4.69, 9.17) is 5.14 Å². The maximum absolute atomic E-state index is 11.2. The van der Waals surface area contributed by atoms with Crippen molar-refractivity contribution in [3.8, 4) is 0 Å². The fraction of sp³-hybridized carbons (Fsp3) is 0.538. The van der Waals surface area contributed by atoms with Crippen molar-refractivity contribution >= 4 is 21.8 Å². The monoisotopic (exact) mass is 300 g/mol. The molecule has 0 radical (unpaired) electrons. The molecule has 0 saturated carbocycles. The molecular weight excluding hydrogens is 280 g/mol. The van der Waals surface area contributed by atoms with Crippen LogP contribution in [0.2, 0.25) is 0 Å². The summed E-state index contributed by atoms with van der Waals surface area (Å²) in [6, 6.07) is 7.51. The molecule has 106 valence electrons. The SMILES string of the molecule is CC(NC1CCSC1C)c1ccc(S(N)(=O)=O)cc1. The van der Waals surface area contributed by atoms with E-state index < -0.39 is 10.0 Å². The fourth-order valence-corrected chi connectivity index (χ4v) is 4.04. The zero-order valence-electron chi connectivity index (χ0n) is 11.2. The fourth-order valence-electron chi connectivity index (χ4n) is 2.31.